The molecule has 3 nitrogen and oxygen atoms in total. The maximum Gasteiger partial charge on any atom is 0.436 e. The Morgan fingerprint density at radius 2 is 2.13 bits per heavy atom. The molecule has 6 heteroatoms. The molecule has 0 atom stereocenters. The van der Waals surface area contributed by atoms with Gasteiger partial charge in [-0.05, 0) is 6.92 Å². The molecular weight excluding hydrogens is 207 g/mol. The van der Waals surface area contributed by atoms with Crippen LogP contribution in [0, 0.1) is 30.1 Å². The smallest absolute Gasteiger partial charge is 0.281 e. The monoisotopic (exact) mass is 213 g/mol. The topological polar surface area (TPSA) is 52.5 Å². The van der Waals surface area contributed by atoms with Crippen molar-refractivity contribution < 1.29 is 13.2 Å². The van der Waals surface area contributed by atoms with Crippen molar-refractivity contribution in [2.24, 2.45) is 0 Å². The number of halogens is 3. The number of nitrogens with zero attached hydrogens (tertiary/aromatic N) is 2. The minimum absolute atomic E-state index is 0.109. The lowest BCUT2D eigenvalue weighted by Crippen LogP contribution is -2.07. The van der Waals surface area contributed by atoms with E-state index in [1.54, 1.807) is 6.07 Å². The maximum atomic E-state index is 12.4. The van der Waals surface area contributed by atoms with Gasteiger partial charge in [0.15, 0.2) is 5.69 Å². The molecule has 0 aliphatic rings. The van der Waals surface area contributed by atoms with E-state index in [0.717, 1.165) is 0 Å². The average Bonchev–Trinajstić information content (AvgIpc) is 2.48. The van der Waals surface area contributed by atoms with Gasteiger partial charge in [-0.1, -0.05) is 11.8 Å². The summed E-state index contributed by atoms with van der Waals surface area (Å²) in [6, 6.07) is 1.72. The molecular formula is C9H6F3N3. The van der Waals surface area contributed by atoms with Gasteiger partial charge in [-0.3, -0.25) is 5.10 Å². The van der Waals surface area contributed by atoms with Crippen LogP contribution in [0.25, 0.3) is 0 Å². The number of nitrogens with one attached hydrogen (secondary N) is 1. The molecule has 0 aromatic carbocycles. The van der Waals surface area contributed by atoms with Gasteiger partial charge in [0, 0.05) is 5.69 Å². The predicted molar refractivity (Wildman–Crippen MR) is 45.4 cm³/mol. The number of aromatic amines is 1. The van der Waals surface area contributed by atoms with Crippen molar-refractivity contribution in [1.82, 2.24) is 10.2 Å². The summed E-state index contributed by atoms with van der Waals surface area (Å²) in [6.07, 6.45) is -4.64. The third-order valence-corrected chi connectivity index (χ3v) is 1.60. The molecule has 0 radical (unpaired) electrons. The van der Waals surface area contributed by atoms with E-state index < -0.39 is 11.9 Å². The standard InChI is InChI=1S/C9H6F3N3/c1-6-7(4-2-3-5-13)8(15-14-6)9(10,11)12/h3H2,1H3,(H,14,15). The highest BCUT2D eigenvalue weighted by Gasteiger charge is 2.37. The summed E-state index contributed by atoms with van der Waals surface area (Å²) >= 11 is 0. The van der Waals surface area contributed by atoms with Gasteiger partial charge in [-0.2, -0.15) is 23.5 Å². The fraction of sp³-hybridized carbons (Fsp3) is 0.333. The molecule has 0 fully saturated rings. The normalized spacial score (nSPS) is 10.3. The van der Waals surface area contributed by atoms with E-state index in [-0.39, 0.29) is 17.7 Å². The first-order valence-electron chi connectivity index (χ1n) is 3.94. The lowest BCUT2D eigenvalue weighted by molar-refractivity contribution is -0.141. The Hall–Kier alpha value is -1.95. The van der Waals surface area contributed by atoms with Crippen LogP contribution in [0.15, 0.2) is 0 Å². The number of aryl methyl sites for hydroxylation is 1. The number of rotatable bonds is 0. The van der Waals surface area contributed by atoms with Crippen molar-refractivity contribution in [3.05, 3.63) is 17.0 Å². The van der Waals surface area contributed by atoms with Gasteiger partial charge >= 0.3 is 6.18 Å². The summed E-state index contributed by atoms with van der Waals surface area (Å²) in [7, 11) is 0. The highest BCUT2D eigenvalue weighted by atomic mass is 19.4. The summed E-state index contributed by atoms with van der Waals surface area (Å²) < 4.78 is 37.1. The summed E-state index contributed by atoms with van der Waals surface area (Å²) in [5, 5.41) is 13.5. The first-order valence-corrected chi connectivity index (χ1v) is 3.94. The van der Waals surface area contributed by atoms with Crippen LogP contribution in [-0.2, 0) is 6.18 Å². The molecule has 0 aliphatic heterocycles. The molecule has 0 saturated heterocycles. The molecule has 15 heavy (non-hydrogen) atoms. The summed E-state index contributed by atoms with van der Waals surface area (Å²) in [5.74, 6) is 4.60. The fourth-order valence-electron chi connectivity index (χ4n) is 0.959. The lowest BCUT2D eigenvalue weighted by atomic mass is 10.2. The number of nitriles is 1. The second-order valence-corrected chi connectivity index (χ2v) is 2.71. The van der Waals surface area contributed by atoms with Crippen molar-refractivity contribution in [3.63, 3.8) is 0 Å². The number of alkyl halides is 3. The van der Waals surface area contributed by atoms with Crippen LogP contribution >= 0.6 is 0 Å². The Kier molecular flexibility index (Phi) is 3.01. The maximum absolute atomic E-state index is 12.4. The molecule has 1 N–H and O–H groups in total. The van der Waals surface area contributed by atoms with E-state index in [4.69, 9.17) is 5.26 Å². The van der Waals surface area contributed by atoms with Crippen LogP contribution in [-0.4, -0.2) is 10.2 Å². The van der Waals surface area contributed by atoms with E-state index >= 15 is 0 Å². The van der Waals surface area contributed by atoms with Crippen molar-refractivity contribution >= 4 is 0 Å². The molecule has 0 spiro atoms. The minimum Gasteiger partial charge on any atom is -0.281 e. The zero-order valence-corrected chi connectivity index (χ0v) is 7.74. The van der Waals surface area contributed by atoms with E-state index in [9.17, 15) is 13.2 Å². The Balaban J connectivity index is 3.14. The first-order chi connectivity index (χ1) is 6.96. The third kappa shape index (κ3) is 2.50. The van der Waals surface area contributed by atoms with Gasteiger partial charge in [0.25, 0.3) is 0 Å². The number of hydrogen-bond acceptors (Lipinski definition) is 2. The lowest BCUT2D eigenvalue weighted by Gasteiger charge is -2.01. The Morgan fingerprint density at radius 3 is 2.67 bits per heavy atom. The zero-order chi connectivity index (χ0) is 11.5. The van der Waals surface area contributed by atoms with Crippen molar-refractivity contribution in [1.29, 1.82) is 5.26 Å². The SMILES string of the molecule is Cc1[nH]nc(C(F)(F)F)c1C#CCC#N. The highest BCUT2D eigenvalue weighted by Crippen LogP contribution is 2.30. The highest BCUT2D eigenvalue weighted by molar-refractivity contribution is 5.42. The van der Waals surface area contributed by atoms with Crippen LogP contribution in [0.5, 0.6) is 0 Å². The van der Waals surface area contributed by atoms with Crippen molar-refractivity contribution in [2.45, 2.75) is 19.5 Å². The van der Waals surface area contributed by atoms with E-state index in [2.05, 4.69) is 22.0 Å². The second-order valence-electron chi connectivity index (χ2n) is 2.71. The molecule has 78 valence electrons. The molecule has 0 amide bonds. The molecule has 0 aliphatic carbocycles. The van der Waals surface area contributed by atoms with Crippen LogP contribution in [0.2, 0.25) is 0 Å². The van der Waals surface area contributed by atoms with E-state index in [1.807, 2.05) is 0 Å². The summed E-state index contributed by atoms with van der Waals surface area (Å²) in [5.41, 5.74) is -0.990. The molecule has 0 saturated carbocycles. The van der Waals surface area contributed by atoms with Gasteiger partial charge in [-0.25, -0.2) is 0 Å². The molecule has 1 aromatic heterocycles. The Morgan fingerprint density at radius 1 is 1.47 bits per heavy atom. The van der Waals surface area contributed by atoms with Gasteiger partial charge in [0.2, 0.25) is 0 Å². The van der Waals surface area contributed by atoms with Gasteiger partial charge < -0.3 is 0 Å². The number of aromatic nitrogens is 2. The van der Waals surface area contributed by atoms with E-state index in [1.165, 1.54) is 6.92 Å². The molecule has 1 aromatic rings. The molecule has 0 unspecified atom stereocenters. The van der Waals surface area contributed by atoms with Gasteiger partial charge in [-0.15, -0.1) is 0 Å². The third-order valence-electron chi connectivity index (χ3n) is 1.60. The number of hydrogen-bond donors (Lipinski definition) is 1. The van der Waals surface area contributed by atoms with Gasteiger partial charge in [0.05, 0.1) is 18.1 Å². The van der Waals surface area contributed by atoms with Crippen LogP contribution in [0.4, 0.5) is 13.2 Å². The average molecular weight is 213 g/mol. The Bertz CT molecular complexity index is 454. The van der Waals surface area contributed by atoms with Crippen LogP contribution in [0.1, 0.15) is 23.4 Å². The van der Waals surface area contributed by atoms with E-state index in [0.29, 0.717) is 0 Å². The first kappa shape index (κ1) is 11.1. The van der Waals surface area contributed by atoms with Crippen molar-refractivity contribution in [3.8, 4) is 17.9 Å². The number of H-pyrrole nitrogens is 1. The molecule has 1 rings (SSSR count). The molecule has 1 heterocycles. The van der Waals surface area contributed by atoms with Crippen LogP contribution < -0.4 is 0 Å². The van der Waals surface area contributed by atoms with Gasteiger partial charge in [0.1, 0.15) is 0 Å². The fourth-order valence-corrected chi connectivity index (χ4v) is 0.959. The van der Waals surface area contributed by atoms with Crippen LogP contribution in [0.3, 0.4) is 0 Å². The zero-order valence-electron chi connectivity index (χ0n) is 7.74. The largest absolute Gasteiger partial charge is 0.436 e. The Labute approximate surface area is 83.9 Å². The van der Waals surface area contributed by atoms with Crippen molar-refractivity contribution in [2.75, 3.05) is 0 Å². The molecule has 0 bridgehead atoms. The summed E-state index contributed by atoms with van der Waals surface area (Å²) in [6.45, 7) is 1.44. The minimum atomic E-state index is -4.53. The predicted octanol–water partition coefficient (Wildman–Crippen LogP) is 2.00. The summed E-state index contributed by atoms with van der Waals surface area (Å²) in [4.78, 5) is 0. The quantitative estimate of drug-likeness (QED) is 0.670. The second kappa shape index (κ2) is 4.05.